The van der Waals surface area contributed by atoms with E-state index in [1.165, 1.54) is 44.3 Å². The van der Waals surface area contributed by atoms with Crippen LogP contribution in [0.3, 0.4) is 0 Å². The predicted molar refractivity (Wildman–Crippen MR) is 261 cm³/mol. The third-order valence-electron chi connectivity index (χ3n) is 13.2. The second-order valence-electron chi connectivity index (χ2n) is 16.6. The maximum Gasteiger partial charge on any atom is 0.164 e. The van der Waals surface area contributed by atoms with Gasteiger partial charge in [0.2, 0.25) is 0 Å². The lowest BCUT2D eigenvalue weighted by Crippen LogP contribution is -2.28. The normalized spacial score (nSPS) is 12.8. The van der Waals surface area contributed by atoms with Crippen molar-refractivity contribution >= 4 is 43.5 Å². The molecule has 2 heterocycles. The number of furan rings is 1. The molecule has 0 saturated carbocycles. The molecule has 1 aliphatic rings. The van der Waals surface area contributed by atoms with Gasteiger partial charge in [-0.2, -0.15) is 0 Å². The molecule has 2 aromatic heterocycles. The van der Waals surface area contributed by atoms with Gasteiger partial charge in [-0.25, -0.2) is 15.0 Å². The van der Waals surface area contributed by atoms with Gasteiger partial charge in [0, 0.05) is 32.8 Å². The maximum atomic E-state index is 6.77. The van der Waals surface area contributed by atoms with Gasteiger partial charge in [0.15, 0.2) is 17.5 Å². The highest BCUT2D eigenvalue weighted by molar-refractivity contribution is 6.19. The summed E-state index contributed by atoms with van der Waals surface area (Å²) < 4.78 is 6.77. The Kier molecular flexibility index (Phi) is 8.09. The van der Waals surface area contributed by atoms with Crippen LogP contribution in [0.25, 0.3) is 99.9 Å². The van der Waals surface area contributed by atoms with Gasteiger partial charge in [-0.3, -0.25) is 0 Å². The van der Waals surface area contributed by atoms with Gasteiger partial charge in [-0.05, 0) is 84.9 Å². The topological polar surface area (TPSA) is 51.8 Å². The minimum absolute atomic E-state index is 0.518. The summed E-state index contributed by atoms with van der Waals surface area (Å²) >= 11 is 0. The second kappa shape index (κ2) is 14.3. The molecule has 12 aromatic rings. The van der Waals surface area contributed by atoms with E-state index in [0.717, 1.165) is 60.4 Å². The molecule has 0 spiro atoms. The monoisotopic (exact) mass is 815 g/mol. The molecule has 0 amide bonds. The van der Waals surface area contributed by atoms with Crippen LogP contribution in [-0.4, -0.2) is 15.0 Å². The molecule has 0 unspecified atom stereocenters. The summed E-state index contributed by atoms with van der Waals surface area (Å²) in [5.41, 5.74) is 13.7. The van der Waals surface area contributed by atoms with Crippen molar-refractivity contribution < 1.29 is 4.42 Å². The lowest BCUT2D eigenvalue weighted by molar-refractivity contribution is 0.673. The van der Waals surface area contributed by atoms with Gasteiger partial charge in [-0.15, -0.1) is 0 Å². The molecule has 4 heteroatoms. The number of hydrogen-bond donors (Lipinski definition) is 0. The molecule has 0 fully saturated rings. The van der Waals surface area contributed by atoms with Crippen molar-refractivity contribution in [1.29, 1.82) is 0 Å². The van der Waals surface area contributed by atoms with Crippen LogP contribution in [0.1, 0.15) is 22.3 Å². The van der Waals surface area contributed by atoms with Crippen molar-refractivity contribution in [2.24, 2.45) is 0 Å². The lowest BCUT2D eigenvalue weighted by Gasteiger charge is -2.34. The highest BCUT2D eigenvalue weighted by Gasteiger charge is 2.47. The fourth-order valence-electron chi connectivity index (χ4n) is 10.4. The average molecular weight is 816 g/mol. The van der Waals surface area contributed by atoms with Crippen LogP contribution in [0.2, 0.25) is 0 Å². The van der Waals surface area contributed by atoms with Crippen LogP contribution in [0.4, 0.5) is 0 Å². The summed E-state index contributed by atoms with van der Waals surface area (Å²) in [6.45, 7) is 0. The van der Waals surface area contributed by atoms with Crippen LogP contribution in [0.15, 0.2) is 229 Å². The highest BCUT2D eigenvalue weighted by atomic mass is 16.3. The van der Waals surface area contributed by atoms with Crippen LogP contribution in [-0.2, 0) is 5.41 Å². The van der Waals surface area contributed by atoms with E-state index in [0.29, 0.717) is 17.5 Å². The number of hydrogen-bond acceptors (Lipinski definition) is 4. The molecule has 13 rings (SSSR count). The Morgan fingerprint density at radius 2 is 0.938 bits per heavy atom. The molecule has 0 saturated heterocycles. The molecular formula is C60H37N3O. The third kappa shape index (κ3) is 5.46. The van der Waals surface area contributed by atoms with Crippen LogP contribution >= 0.6 is 0 Å². The molecule has 1 aliphatic carbocycles. The molecule has 64 heavy (non-hydrogen) atoms. The second-order valence-corrected chi connectivity index (χ2v) is 16.6. The Morgan fingerprint density at radius 1 is 0.344 bits per heavy atom. The molecule has 0 N–H and O–H groups in total. The number of nitrogens with zero attached hydrogens (tertiary/aromatic N) is 3. The van der Waals surface area contributed by atoms with Crippen LogP contribution < -0.4 is 0 Å². The first-order valence-corrected chi connectivity index (χ1v) is 21.8. The van der Waals surface area contributed by atoms with Gasteiger partial charge in [-0.1, -0.05) is 200 Å². The van der Waals surface area contributed by atoms with Crippen molar-refractivity contribution in [3.63, 3.8) is 0 Å². The van der Waals surface area contributed by atoms with E-state index in [1.807, 2.05) is 24.3 Å². The predicted octanol–water partition coefficient (Wildman–Crippen LogP) is 15.1. The minimum Gasteiger partial charge on any atom is -0.455 e. The smallest absolute Gasteiger partial charge is 0.164 e. The SMILES string of the molecule is c1ccc(-c2ccc3oc4c(ccc5cccc(-c6nc(-c7ccccc7)nc(-c7ccc8c9c(ccc8c7)-c7ccccc7C9(c7ccccc7)c7ccccc7)n6)c54)c3c2)cc1. The van der Waals surface area contributed by atoms with Crippen LogP contribution in [0, 0.1) is 0 Å². The highest BCUT2D eigenvalue weighted by Crippen LogP contribution is 2.58. The quantitative estimate of drug-likeness (QED) is 0.168. The Bertz CT molecular complexity index is 3730. The van der Waals surface area contributed by atoms with E-state index >= 15 is 0 Å². The van der Waals surface area contributed by atoms with E-state index in [4.69, 9.17) is 19.4 Å². The minimum atomic E-state index is -0.518. The average Bonchev–Trinajstić information content (AvgIpc) is 3.91. The number of benzene rings is 10. The summed E-state index contributed by atoms with van der Waals surface area (Å²) in [5.74, 6) is 1.80. The summed E-state index contributed by atoms with van der Waals surface area (Å²) in [4.78, 5) is 15.8. The van der Waals surface area contributed by atoms with E-state index in [9.17, 15) is 0 Å². The molecule has 0 bridgehead atoms. The zero-order valence-electron chi connectivity index (χ0n) is 34.6. The molecular weight excluding hydrogens is 779 g/mol. The van der Waals surface area contributed by atoms with E-state index in [-0.39, 0.29) is 0 Å². The van der Waals surface area contributed by atoms with Gasteiger partial charge >= 0.3 is 0 Å². The van der Waals surface area contributed by atoms with Crippen molar-refractivity contribution in [3.05, 3.63) is 247 Å². The Morgan fingerprint density at radius 3 is 1.69 bits per heavy atom. The number of rotatable bonds is 6. The molecule has 0 radical (unpaired) electrons. The lowest BCUT2D eigenvalue weighted by atomic mass is 9.66. The van der Waals surface area contributed by atoms with Crippen molar-refractivity contribution in [2.45, 2.75) is 5.41 Å². The molecule has 298 valence electrons. The largest absolute Gasteiger partial charge is 0.455 e. The standard InChI is InChI=1S/C60H37N3O/c1-5-16-38(17-6-1)41-31-35-53-51(37-41)49-34-28-39-20-15-26-50(54(39)56(49)64-53)59-62-57(40-18-7-2-8-19-40)61-58(63-59)43-30-32-46-42(36-43)29-33-48-47-25-13-14-27-52(47)60(55(46)48,44-21-9-3-10-22-44)45-23-11-4-12-24-45/h1-37H. The van der Waals surface area contributed by atoms with Gasteiger partial charge in [0.1, 0.15) is 11.2 Å². The van der Waals surface area contributed by atoms with Crippen molar-refractivity contribution in [1.82, 2.24) is 15.0 Å². The summed E-state index contributed by atoms with van der Waals surface area (Å²) in [7, 11) is 0. The molecule has 10 aromatic carbocycles. The maximum absolute atomic E-state index is 6.77. The van der Waals surface area contributed by atoms with Crippen molar-refractivity contribution in [2.75, 3.05) is 0 Å². The Labute approximate surface area is 369 Å². The first-order valence-electron chi connectivity index (χ1n) is 21.8. The third-order valence-corrected chi connectivity index (χ3v) is 13.2. The van der Waals surface area contributed by atoms with E-state index in [1.54, 1.807) is 0 Å². The molecule has 4 nitrogen and oxygen atoms in total. The number of fused-ring (bicyclic) bond motifs is 10. The first-order chi connectivity index (χ1) is 31.7. The number of aromatic nitrogens is 3. The summed E-state index contributed by atoms with van der Waals surface area (Å²) in [6, 6.07) is 79.9. The summed E-state index contributed by atoms with van der Waals surface area (Å²) in [5, 5.41) is 6.46. The van der Waals surface area contributed by atoms with Gasteiger partial charge < -0.3 is 4.42 Å². The molecule has 0 atom stereocenters. The van der Waals surface area contributed by atoms with E-state index < -0.39 is 5.41 Å². The Balaban J connectivity index is 1.02. The zero-order chi connectivity index (χ0) is 42.2. The fraction of sp³-hybridized carbons (Fsp3) is 0.0167. The van der Waals surface area contributed by atoms with Gasteiger partial charge in [0.25, 0.3) is 0 Å². The van der Waals surface area contributed by atoms with Crippen LogP contribution in [0.5, 0.6) is 0 Å². The van der Waals surface area contributed by atoms with Crippen molar-refractivity contribution in [3.8, 4) is 56.4 Å². The molecule has 0 aliphatic heterocycles. The summed E-state index contributed by atoms with van der Waals surface area (Å²) in [6.07, 6.45) is 0. The first kappa shape index (κ1) is 36.2. The Hall–Kier alpha value is -8.47. The van der Waals surface area contributed by atoms with E-state index in [2.05, 4.69) is 200 Å². The van der Waals surface area contributed by atoms with Gasteiger partial charge in [0.05, 0.1) is 5.41 Å². The fourth-order valence-corrected chi connectivity index (χ4v) is 10.4. The zero-order valence-corrected chi connectivity index (χ0v) is 34.6.